The Kier molecular flexibility index (Phi) is 3.87. The minimum atomic E-state index is 0.357. The standard InChI is InChI=1S/C16H28N4/c1-13-6-4-7-14(18-13)15-10-17-12-20(15)11-16(19(2)3)8-5-9-16/h10,12-14,18H,4-9,11H2,1-3H3. The summed E-state index contributed by atoms with van der Waals surface area (Å²) in [5, 5.41) is 3.74. The summed E-state index contributed by atoms with van der Waals surface area (Å²) in [6, 6.07) is 1.11. The maximum Gasteiger partial charge on any atom is 0.0949 e. The van der Waals surface area contributed by atoms with E-state index in [0.29, 0.717) is 17.6 Å². The van der Waals surface area contributed by atoms with E-state index in [0.717, 1.165) is 6.54 Å². The van der Waals surface area contributed by atoms with Crippen LogP contribution in [0, 0.1) is 0 Å². The van der Waals surface area contributed by atoms with Crippen molar-refractivity contribution in [2.75, 3.05) is 14.1 Å². The van der Waals surface area contributed by atoms with Crippen LogP contribution < -0.4 is 5.32 Å². The summed E-state index contributed by atoms with van der Waals surface area (Å²) in [6.45, 7) is 3.38. The lowest BCUT2D eigenvalue weighted by Gasteiger charge is -2.48. The predicted octanol–water partition coefficient (Wildman–Crippen LogP) is 2.57. The van der Waals surface area contributed by atoms with Gasteiger partial charge in [0.1, 0.15) is 0 Å². The number of hydrogen-bond acceptors (Lipinski definition) is 3. The maximum atomic E-state index is 4.43. The van der Waals surface area contributed by atoms with E-state index >= 15 is 0 Å². The molecule has 1 aliphatic heterocycles. The van der Waals surface area contributed by atoms with Crippen LogP contribution in [0.15, 0.2) is 12.5 Å². The molecule has 0 bridgehead atoms. The van der Waals surface area contributed by atoms with Crippen LogP contribution in [0.5, 0.6) is 0 Å². The SMILES string of the molecule is CC1CCCC(c2cncn2CC2(N(C)C)CCC2)N1. The van der Waals surface area contributed by atoms with Gasteiger partial charge in [-0.25, -0.2) is 4.98 Å². The van der Waals surface area contributed by atoms with E-state index in [4.69, 9.17) is 0 Å². The molecule has 1 aromatic heterocycles. The fourth-order valence-corrected chi connectivity index (χ4v) is 3.77. The van der Waals surface area contributed by atoms with Gasteiger partial charge in [0.05, 0.1) is 12.0 Å². The average Bonchev–Trinajstić information content (AvgIpc) is 2.81. The Labute approximate surface area is 122 Å². The number of nitrogens with zero attached hydrogens (tertiary/aromatic N) is 3. The highest BCUT2D eigenvalue weighted by molar-refractivity contribution is 5.09. The predicted molar refractivity (Wildman–Crippen MR) is 81.7 cm³/mol. The van der Waals surface area contributed by atoms with Gasteiger partial charge in [0, 0.05) is 30.4 Å². The van der Waals surface area contributed by atoms with Crippen LogP contribution >= 0.6 is 0 Å². The molecule has 4 heteroatoms. The summed E-state index contributed by atoms with van der Waals surface area (Å²) in [4.78, 5) is 6.84. The van der Waals surface area contributed by atoms with Crippen LogP contribution in [0.2, 0.25) is 0 Å². The molecule has 20 heavy (non-hydrogen) atoms. The lowest BCUT2D eigenvalue weighted by atomic mass is 9.75. The molecule has 1 saturated heterocycles. The Balaban J connectivity index is 1.76. The van der Waals surface area contributed by atoms with Crippen LogP contribution in [0.1, 0.15) is 57.2 Å². The van der Waals surface area contributed by atoms with Crippen LogP contribution in [0.25, 0.3) is 0 Å². The summed E-state index contributed by atoms with van der Waals surface area (Å²) < 4.78 is 2.40. The second-order valence-corrected chi connectivity index (χ2v) is 6.97. The van der Waals surface area contributed by atoms with Crippen molar-refractivity contribution in [1.29, 1.82) is 0 Å². The number of rotatable bonds is 4. The first-order valence-electron chi connectivity index (χ1n) is 8.04. The molecule has 2 unspecified atom stereocenters. The smallest absolute Gasteiger partial charge is 0.0949 e. The Morgan fingerprint density at radius 2 is 2.15 bits per heavy atom. The number of nitrogens with one attached hydrogen (secondary N) is 1. The molecule has 1 aromatic rings. The van der Waals surface area contributed by atoms with Gasteiger partial charge in [0.2, 0.25) is 0 Å². The van der Waals surface area contributed by atoms with Crippen molar-refractivity contribution >= 4 is 0 Å². The van der Waals surface area contributed by atoms with Gasteiger partial charge in [-0.2, -0.15) is 0 Å². The molecule has 0 amide bonds. The first-order chi connectivity index (χ1) is 9.61. The van der Waals surface area contributed by atoms with Crippen molar-refractivity contribution in [3.8, 4) is 0 Å². The zero-order valence-corrected chi connectivity index (χ0v) is 13.1. The summed E-state index contributed by atoms with van der Waals surface area (Å²) in [7, 11) is 4.44. The quantitative estimate of drug-likeness (QED) is 0.917. The largest absolute Gasteiger partial charge is 0.331 e. The van der Waals surface area contributed by atoms with Gasteiger partial charge in [0.25, 0.3) is 0 Å². The number of hydrogen-bond donors (Lipinski definition) is 1. The van der Waals surface area contributed by atoms with Crippen molar-refractivity contribution in [3.05, 3.63) is 18.2 Å². The van der Waals surface area contributed by atoms with Crippen molar-refractivity contribution < 1.29 is 0 Å². The number of aromatic nitrogens is 2. The molecule has 2 heterocycles. The van der Waals surface area contributed by atoms with Crippen LogP contribution in [0.4, 0.5) is 0 Å². The van der Waals surface area contributed by atoms with Gasteiger partial charge >= 0.3 is 0 Å². The summed E-state index contributed by atoms with van der Waals surface area (Å²) in [5.41, 5.74) is 1.74. The Morgan fingerprint density at radius 3 is 2.75 bits per heavy atom. The third-order valence-electron chi connectivity index (χ3n) is 5.41. The zero-order valence-electron chi connectivity index (χ0n) is 13.1. The van der Waals surface area contributed by atoms with Crippen molar-refractivity contribution in [3.63, 3.8) is 0 Å². The van der Waals surface area contributed by atoms with Crippen LogP contribution in [0.3, 0.4) is 0 Å². The number of likely N-dealkylation sites (N-methyl/N-ethyl adjacent to an activating group) is 1. The molecule has 0 radical (unpaired) electrons. The maximum absolute atomic E-state index is 4.43. The van der Waals surface area contributed by atoms with Gasteiger partial charge < -0.3 is 14.8 Å². The molecule has 4 nitrogen and oxygen atoms in total. The molecule has 3 rings (SSSR count). The van der Waals surface area contributed by atoms with E-state index < -0.39 is 0 Å². The normalized spacial score (nSPS) is 29.4. The topological polar surface area (TPSA) is 33.1 Å². The molecule has 1 N–H and O–H groups in total. The highest BCUT2D eigenvalue weighted by Crippen LogP contribution is 2.38. The molecule has 1 aliphatic carbocycles. The van der Waals surface area contributed by atoms with Gasteiger partial charge in [0.15, 0.2) is 0 Å². The Bertz CT molecular complexity index is 447. The van der Waals surface area contributed by atoms with Crippen molar-refractivity contribution in [2.24, 2.45) is 0 Å². The zero-order chi connectivity index (χ0) is 14.2. The van der Waals surface area contributed by atoms with E-state index in [-0.39, 0.29) is 0 Å². The molecule has 2 fully saturated rings. The number of piperidine rings is 1. The van der Waals surface area contributed by atoms with E-state index in [1.165, 1.54) is 44.2 Å². The second-order valence-electron chi connectivity index (χ2n) is 6.97. The molecule has 112 valence electrons. The van der Waals surface area contributed by atoms with Crippen molar-refractivity contribution in [2.45, 2.75) is 69.6 Å². The Morgan fingerprint density at radius 1 is 1.35 bits per heavy atom. The first kappa shape index (κ1) is 14.1. The van der Waals surface area contributed by atoms with E-state index in [1.54, 1.807) is 0 Å². The minimum absolute atomic E-state index is 0.357. The third kappa shape index (κ3) is 2.51. The molecule has 1 saturated carbocycles. The van der Waals surface area contributed by atoms with E-state index in [1.807, 2.05) is 6.33 Å². The van der Waals surface area contributed by atoms with E-state index in [2.05, 4.69) is 47.0 Å². The molecular formula is C16H28N4. The molecule has 2 atom stereocenters. The Hall–Kier alpha value is -0.870. The fraction of sp³-hybridized carbons (Fsp3) is 0.812. The van der Waals surface area contributed by atoms with Crippen LogP contribution in [-0.4, -0.2) is 40.1 Å². The number of imidazole rings is 1. The average molecular weight is 276 g/mol. The first-order valence-corrected chi connectivity index (χ1v) is 8.04. The van der Waals surface area contributed by atoms with Crippen LogP contribution in [-0.2, 0) is 6.54 Å². The molecule has 0 spiro atoms. The van der Waals surface area contributed by atoms with Gasteiger partial charge in [-0.3, -0.25) is 0 Å². The summed E-state index contributed by atoms with van der Waals surface area (Å²) >= 11 is 0. The second kappa shape index (κ2) is 5.49. The van der Waals surface area contributed by atoms with E-state index in [9.17, 15) is 0 Å². The van der Waals surface area contributed by atoms with Crippen molar-refractivity contribution in [1.82, 2.24) is 19.8 Å². The van der Waals surface area contributed by atoms with Gasteiger partial charge in [-0.15, -0.1) is 0 Å². The van der Waals surface area contributed by atoms with Gasteiger partial charge in [-0.1, -0.05) is 0 Å². The third-order valence-corrected chi connectivity index (χ3v) is 5.41. The summed E-state index contributed by atoms with van der Waals surface area (Å²) in [6.07, 6.45) is 11.9. The lowest BCUT2D eigenvalue weighted by Crippen LogP contribution is -2.53. The minimum Gasteiger partial charge on any atom is -0.331 e. The fourth-order valence-electron chi connectivity index (χ4n) is 3.77. The molecular weight excluding hydrogens is 248 g/mol. The highest BCUT2D eigenvalue weighted by Gasteiger charge is 2.40. The molecule has 2 aliphatic rings. The summed E-state index contributed by atoms with van der Waals surface area (Å²) in [5.74, 6) is 0. The molecule has 0 aromatic carbocycles. The monoisotopic (exact) mass is 276 g/mol. The highest BCUT2D eigenvalue weighted by atomic mass is 15.2. The van der Waals surface area contributed by atoms with Gasteiger partial charge in [-0.05, 0) is 59.5 Å². The lowest BCUT2D eigenvalue weighted by molar-refractivity contribution is 0.0410.